The van der Waals surface area contributed by atoms with Gasteiger partial charge in [-0.05, 0) is 70.0 Å². The van der Waals surface area contributed by atoms with E-state index in [2.05, 4.69) is 23.3 Å². The molecule has 1 amide bonds. The van der Waals surface area contributed by atoms with Crippen LogP contribution in [0.3, 0.4) is 0 Å². The van der Waals surface area contributed by atoms with Crippen molar-refractivity contribution in [3.63, 3.8) is 0 Å². The number of benzene rings is 1. The van der Waals surface area contributed by atoms with Crippen LogP contribution in [-0.2, 0) is 4.79 Å². The molecule has 150 valence electrons. The van der Waals surface area contributed by atoms with Crippen LogP contribution in [0.25, 0.3) is 5.69 Å². The smallest absolute Gasteiger partial charge is 0.317 e. The number of piperidine rings is 1. The van der Waals surface area contributed by atoms with Crippen LogP contribution < -0.4 is 0 Å². The first-order valence-electron chi connectivity index (χ1n) is 9.61. The van der Waals surface area contributed by atoms with Crippen LogP contribution in [0, 0.1) is 20.8 Å². The molecule has 1 saturated heterocycles. The second kappa shape index (κ2) is 8.14. The zero-order valence-corrected chi connectivity index (χ0v) is 17.0. The predicted molar refractivity (Wildman–Crippen MR) is 107 cm³/mol. The van der Waals surface area contributed by atoms with Crippen molar-refractivity contribution in [1.82, 2.24) is 19.6 Å². The van der Waals surface area contributed by atoms with Gasteiger partial charge in [-0.2, -0.15) is 5.10 Å². The summed E-state index contributed by atoms with van der Waals surface area (Å²) < 4.78 is 1.82. The van der Waals surface area contributed by atoms with Gasteiger partial charge in [-0.25, -0.2) is 4.68 Å². The fraction of sp³-hybridized carbons (Fsp3) is 0.476. The number of aliphatic carboxylic acids is 1. The minimum atomic E-state index is -0.826. The molecule has 0 bridgehead atoms. The highest BCUT2D eigenvalue weighted by Crippen LogP contribution is 2.20. The molecule has 1 aromatic carbocycles. The van der Waals surface area contributed by atoms with Gasteiger partial charge >= 0.3 is 5.97 Å². The van der Waals surface area contributed by atoms with Crippen molar-refractivity contribution >= 4 is 11.9 Å². The van der Waals surface area contributed by atoms with Crippen LogP contribution >= 0.6 is 0 Å². The van der Waals surface area contributed by atoms with Gasteiger partial charge in [0, 0.05) is 24.8 Å². The molecule has 2 aromatic rings. The summed E-state index contributed by atoms with van der Waals surface area (Å²) in [6.07, 6.45) is 1.54. The Morgan fingerprint density at radius 1 is 1.11 bits per heavy atom. The molecule has 1 aromatic heterocycles. The van der Waals surface area contributed by atoms with Gasteiger partial charge in [0.05, 0.1) is 12.2 Å². The molecule has 2 heterocycles. The molecule has 0 radical (unpaired) electrons. The molecule has 1 N–H and O–H groups in total. The van der Waals surface area contributed by atoms with E-state index in [1.807, 2.05) is 48.4 Å². The highest BCUT2D eigenvalue weighted by molar-refractivity contribution is 5.92. The standard InChI is InChI=1S/C21H28N4O3/c1-14-9-15(2)11-18(10-14)25-16(3)12-19(22-25)21(28)24-7-5-17(6-8-24)23(4)13-20(26)27/h9-12,17H,5-8,13H2,1-4H3,(H,26,27). The first-order valence-corrected chi connectivity index (χ1v) is 9.61. The lowest BCUT2D eigenvalue weighted by Gasteiger charge is -2.35. The number of likely N-dealkylation sites (N-methyl/N-ethyl adjacent to an activating group) is 1. The highest BCUT2D eigenvalue weighted by Gasteiger charge is 2.28. The topological polar surface area (TPSA) is 78.7 Å². The summed E-state index contributed by atoms with van der Waals surface area (Å²) in [4.78, 5) is 27.5. The molecule has 7 nitrogen and oxygen atoms in total. The third-order valence-electron chi connectivity index (χ3n) is 5.32. The van der Waals surface area contributed by atoms with Crippen LogP contribution in [-0.4, -0.2) is 69.3 Å². The molecule has 0 spiro atoms. The second-order valence-corrected chi connectivity index (χ2v) is 7.76. The minimum absolute atomic E-state index is 0.0259. The zero-order valence-electron chi connectivity index (χ0n) is 17.0. The Balaban J connectivity index is 1.70. The summed E-state index contributed by atoms with van der Waals surface area (Å²) in [5.74, 6) is -0.890. The average Bonchev–Trinajstić information content (AvgIpc) is 3.01. The number of likely N-dealkylation sites (tertiary alicyclic amines) is 1. The lowest BCUT2D eigenvalue weighted by Crippen LogP contribution is -2.46. The van der Waals surface area contributed by atoms with Gasteiger partial charge < -0.3 is 10.0 Å². The Morgan fingerprint density at radius 3 is 2.29 bits per heavy atom. The van der Waals surface area contributed by atoms with Gasteiger partial charge in [0.2, 0.25) is 0 Å². The van der Waals surface area contributed by atoms with Gasteiger partial charge in [-0.1, -0.05) is 6.07 Å². The molecule has 3 rings (SSSR count). The van der Waals surface area contributed by atoms with E-state index in [1.54, 1.807) is 0 Å². The van der Waals surface area contributed by atoms with Crippen LogP contribution in [0.5, 0.6) is 0 Å². The van der Waals surface area contributed by atoms with E-state index in [0.717, 1.165) is 35.3 Å². The number of aromatic nitrogens is 2. The molecular formula is C21H28N4O3. The number of carbonyl (C=O) groups is 2. The summed E-state index contributed by atoms with van der Waals surface area (Å²) >= 11 is 0. The van der Waals surface area contributed by atoms with Crippen molar-refractivity contribution in [2.45, 2.75) is 39.7 Å². The number of amides is 1. The number of carbonyl (C=O) groups excluding carboxylic acids is 1. The van der Waals surface area contributed by atoms with E-state index in [-0.39, 0.29) is 18.5 Å². The first kappa shape index (κ1) is 20.1. The van der Waals surface area contributed by atoms with Gasteiger partial charge in [0.1, 0.15) is 0 Å². The molecule has 0 unspecified atom stereocenters. The van der Waals surface area contributed by atoms with Crippen LogP contribution in [0.15, 0.2) is 24.3 Å². The number of nitrogens with zero attached hydrogens (tertiary/aromatic N) is 4. The van der Waals surface area contributed by atoms with E-state index in [4.69, 9.17) is 5.11 Å². The van der Waals surface area contributed by atoms with Crippen molar-refractivity contribution in [2.24, 2.45) is 0 Å². The van der Waals surface area contributed by atoms with E-state index < -0.39 is 5.97 Å². The Hall–Kier alpha value is -2.67. The third-order valence-corrected chi connectivity index (χ3v) is 5.32. The lowest BCUT2D eigenvalue weighted by atomic mass is 10.0. The number of hydrogen-bond donors (Lipinski definition) is 1. The quantitative estimate of drug-likeness (QED) is 0.857. The lowest BCUT2D eigenvalue weighted by molar-refractivity contribution is -0.138. The Labute approximate surface area is 165 Å². The summed E-state index contributed by atoms with van der Waals surface area (Å²) in [6, 6.07) is 8.26. The maximum absolute atomic E-state index is 12.9. The molecular weight excluding hydrogens is 356 g/mol. The van der Waals surface area contributed by atoms with Gasteiger partial charge in [0.25, 0.3) is 5.91 Å². The molecule has 0 atom stereocenters. The molecule has 7 heteroatoms. The molecule has 0 aliphatic carbocycles. The van der Waals surface area contributed by atoms with Crippen LogP contribution in [0.1, 0.15) is 40.2 Å². The first-order chi connectivity index (χ1) is 13.2. The van der Waals surface area contributed by atoms with Gasteiger partial charge in [0.15, 0.2) is 5.69 Å². The number of rotatable bonds is 5. The predicted octanol–water partition coefficient (Wildman–Crippen LogP) is 2.42. The van der Waals surface area contributed by atoms with Crippen molar-refractivity contribution in [1.29, 1.82) is 0 Å². The zero-order chi connectivity index (χ0) is 20.4. The average molecular weight is 384 g/mol. The maximum atomic E-state index is 12.9. The Kier molecular flexibility index (Phi) is 5.84. The fourth-order valence-corrected chi connectivity index (χ4v) is 3.93. The number of carboxylic acid groups (broad SMARTS) is 1. The number of carboxylic acids is 1. The summed E-state index contributed by atoms with van der Waals surface area (Å²) in [6.45, 7) is 7.30. The fourth-order valence-electron chi connectivity index (χ4n) is 3.93. The molecule has 1 aliphatic heterocycles. The maximum Gasteiger partial charge on any atom is 0.317 e. The van der Waals surface area contributed by atoms with E-state index in [1.165, 1.54) is 0 Å². The molecule has 1 aliphatic rings. The van der Waals surface area contributed by atoms with Crippen molar-refractivity contribution in [3.05, 3.63) is 46.8 Å². The second-order valence-electron chi connectivity index (χ2n) is 7.76. The minimum Gasteiger partial charge on any atom is -0.480 e. The van der Waals surface area contributed by atoms with Crippen molar-refractivity contribution < 1.29 is 14.7 Å². The summed E-state index contributed by atoms with van der Waals surface area (Å²) in [7, 11) is 1.82. The normalized spacial score (nSPS) is 15.2. The summed E-state index contributed by atoms with van der Waals surface area (Å²) in [5, 5.41) is 13.5. The molecule has 28 heavy (non-hydrogen) atoms. The van der Waals surface area contributed by atoms with Gasteiger partial charge in [-0.3, -0.25) is 14.5 Å². The third kappa shape index (κ3) is 4.42. The Bertz CT molecular complexity index is 862. The van der Waals surface area contributed by atoms with Crippen LogP contribution in [0.4, 0.5) is 0 Å². The van der Waals surface area contributed by atoms with E-state index >= 15 is 0 Å². The number of aryl methyl sites for hydroxylation is 3. The van der Waals surface area contributed by atoms with Gasteiger partial charge in [-0.15, -0.1) is 0 Å². The van der Waals surface area contributed by atoms with E-state index in [9.17, 15) is 9.59 Å². The summed E-state index contributed by atoms with van der Waals surface area (Å²) in [5.41, 5.74) is 4.65. The highest BCUT2D eigenvalue weighted by atomic mass is 16.4. The SMILES string of the molecule is Cc1cc(C)cc(-n2nc(C(=O)N3CCC(N(C)CC(=O)O)CC3)cc2C)c1. The molecule has 0 saturated carbocycles. The Morgan fingerprint density at radius 2 is 1.71 bits per heavy atom. The number of hydrogen-bond acceptors (Lipinski definition) is 4. The van der Waals surface area contributed by atoms with Crippen LogP contribution in [0.2, 0.25) is 0 Å². The van der Waals surface area contributed by atoms with Crippen molar-refractivity contribution in [3.8, 4) is 5.69 Å². The largest absolute Gasteiger partial charge is 0.480 e. The van der Waals surface area contributed by atoms with Crippen molar-refractivity contribution in [2.75, 3.05) is 26.7 Å². The van der Waals surface area contributed by atoms with E-state index in [0.29, 0.717) is 18.8 Å². The molecule has 1 fully saturated rings. The monoisotopic (exact) mass is 384 g/mol.